The van der Waals surface area contributed by atoms with Gasteiger partial charge in [0.05, 0.1) is 11.6 Å². The standard InChI is InChI=1S/C16H18N6/c1-3-13-8-11(2)21-22(13)15-9-14(17)19-16(20-15)12-6-4-5-7-18-10-12/h4-10,12H,3H2,1-2H3,(H2,17,19,20). The molecule has 0 bridgehead atoms. The number of nitrogens with two attached hydrogens (primary N) is 1. The molecule has 0 aromatic carbocycles. The molecule has 2 aromatic rings. The number of hydrogen-bond acceptors (Lipinski definition) is 5. The van der Waals surface area contributed by atoms with Crippen molar-refractivity contribution in [1.82, 2.24) is 19.7 Å². The van der Waals surface area contributed by atoms with Gasteiger partial charge in [0.2, 0.25) is 0 Å². The molecule has 0 aliphatic carbocycles. The molecule has 6 heteroatoms. The zero-order chi connectivity index (χ0) is 15.5. The summed E-state index contributed by atoms with van der Waals surface area (Å²) in [5, 5.41) is 4.50. The molecule has 1 unspecified atom stereocenters. The van der Waals surface area contributed by atoms with Gasteiger partial charge in [-0.3, -0.25) is 4.99 Å². The lowest BCUT2D eigenvalue weighted by Gasteiger charge is -2.10. The molecule has 0 amide bonds. The van der Waals surface area contributed by atoms with Crippen LogP contribution in [-0.2, 0) is 6.42 Å². The Labute approximate surface area is 129 Å². The SMILES string of the molecule is CCc1cc(C)nn1-c1cc(N)nc(C2C=CC=CN=C2)n1. The molecular weight excluding hydrogens is 276 g/mol. The lowest BCUT2D eigenvalue weighted by molar-refractivity contribution is 0.765. The van der Waals surface area contributed by atoms with Crippen LogP contribution in [0.15, 0.2) is 41.6 Å². The van der Waals surface area contributed by atoms with E-state index in [1.54, 1.807) is 18.5 Å². The summed E-state index contributed by atoms with van der Waals surface area (Å²) in [6.45, 7) is 4.05. The van der Waals surface area contributed by atoms with E-state index in [1.165, 1.54) is 0 Å². The second-order valence-corrected chi connectivity index (χ2v) is 5.10. The summed E-state index contributed by atoms with van der Waals surface area (Å²) < 4.78 is 1.83. The summed E-state index contributed by atoms with van der Waals surface area (Å²) in [4.78, 5) is 13.2. The molecule has 6 nitrogen and oxygen atoms in total. The Morgan fingerprint density at radius 1 is 1.23 bits per heavy atom. The minimum absolute atomic E-state index is 0.0982. The highest BCUT2D eigenvalue weighted by Crippen LogP contribution is 2.18. The van der Waals surface area contributed by atoms with Gasteiger partial charge in [-0.1, -0.05) is 19.1 Å². The van der Waals surface area contributed by atoms with Gasteiger partial charge in [-0.05, 0) is 25.5 Å². The van der Waals surface area contributed by atoms with E-state index in [0.717, 1.165) is 17.8 Å². The third-order valence-electron chi connectivity index (χ3n) is 3.38. The van der Waals surface area contributed by atoms with E-state index >= 15 is 0 Å². The van der Waals surface area contributed by atoms with Gasteiger partial charge in [-0.25, -0.2) is 14.6 Å². The van der Waals surface area contributed by atoms with Crippen LogP contribution in [0.4, 0.5) is 5.82 Å². The second-order valence-electron chi connectivity index (χ2n) is 5.10. The Hall–Kier alpha value is -2.76. The summed E-state index contributed by atoms with van der Waals surface area (Å²) in [5.74, 6) is 1.63. The molecule has 3 heterocycles. The van der Waals surface area contributed by atoms with Crippen LogP contribution in [0.5, 0.6) is 0 Å². The van der Waals surface area contributed by atoms with Crippen molar-refractivity contribution < 1.29 is 0 Å². The highest BCUT2D eigenvalue weighted by Gasteiger charge is 2.14. The topological polar surface area (TPSA) is 82.0 Å². The molecule has 0 saturated carbocycles. The first kappa shape index (κ1) is 14.2. The number of nitrogen functional groups attached to an aromatic ring is 1. The van der Waals surface area contributed by atoms with Crippen molar-refractivity contribution in [2.75, 3.05) is 5.73 Å². The maximum Gasteiger partial charge on any atom is 0.159 e. The largest absolute Gasteiger partial charge is 0.384 e. The van der Waals surface area contributed by atoms with Crippen molar-refractivity contribution in [3.63, 3.8) is 0 Å². The molecule has 22 heavy (non-hydrogen) atoms. The summed E-state index contributed by atoms with van der Waals surface area (Å²) >= 11 is 0. The number of hydrogen-bond donors (Lipinski definition) is 1. The first-order valence-electron chi connectivity index (χ1n) is 7.24. The first-order valence-corrected chi connectivity index (χ1v) is 7.24. The fraction of sp³-hybridized carbons (Fsp3) is 0.250. The lowest BCUT2D eigenvalue weighted by atomic mass is 10.1. The van der Waals surface area contributed by atoms with E-state index in [0.29, 0.717) is 17.5 Å². The summed E-state index contributed by atoms with van der Waals surface area (Å²) in [7, 11) is 0. The van der Waals surface area contributed by atoms with E-state index in [4.69, 9.17) is 5.73 Å². The predicted octanol–water partition coefficient (Wildman–Crippen LogP) is 2.35. The number of aryl methyl sites for hydroxylation is 2. The maximum atomic E-state index is 5.96. The van der Waals surface area contributed by atoms with Crippen molar-refractivity contribution in [2.45, 2.75) is 26.2 Å². The smallest absolute Gasteiger partial charge is 0.159 e. The van der Waals surface area contributed by atoms with Crippen LogP contribution in [0, 0.1) is 6.92 Å². The van der Waals surface area contributed by atoms with Gasteiger partial charge >= 0.3 is 0 Å². The van der Waals surface area contributed by atoms with E-state index in [-0.39, 0.29) is 5.92 Å². The lowest BCUT2D eigenvalue weighted by Crippen LogP contribution is -2.11. The minimum atomic E-state index is -0.0982. The highest BCUT2D eigenvalue weighted by atomic mass is 15.3. The van der Waals surface area contributed by atoms with Crippen molar-refractivity contribution >= 4 is 12.0 Å². The number of rotatable bonds is 3. The summed E-state index contributed by atoms with van der Waals surface area (Å²) in [6, 6.07) is 3.79. The van der Waals surface area contributed by atoms with Gasteiger partial charge in [-0.2, -0.15) is 5.10 Å². The normalized spacial score (nSPS) is 16.9. The Morgan fingerprint density at radius 3 is 2.91 bits per heavy atom. The van der Waals surface area contributed by atoms with Gasteiger partial charge in [0.15, 0.2) is 5.82 Å². The molecule has 0 fully saturated rings. The van der Waals surface area contributed by atoms with E-state index < -0.39 is 0 Å². The van der Waals surface area contributed by atoms with Crippen LogP contribution in [0.1, 0.15) is 30.1 Å². The van der Waals surface area contributed by atoms with Crippen molar-refractivity contribution in [1.29, 1.82) is 0 Å². The van der Waals surface area contributed by atoms with Crippen LogP contribution in [-0.4, -0.2) is 26.0 Å². The van der Waals surface area contributed by atoms with Crippen molar-refractivity contribution in [2.24, 2.45) is 4.99 Å². The van der Waals surface area contributed by atoms with Gasteiger partial charge < -0.3 is 5.73 Å². The Balaban J connectivity index is 2.06. The molecule has 1 aliphatic rings. The Kier molecular flexibility index (Phi) is 3.82. The Bertz CT molecular complexity index is 753. The van der Waals surface area contributed by atoms with Crippen LogP contribution < -0.4 is 5.73 Å². The maximum absolute atomic E-state index is 5.96. The van der Waals surface area contributed by atoms with E-state index in [9.17, 15) is 0 Å². The van der Waals surface area contributed by atoms with Gasteiger partial charge in [0.1, 0.15) is 11.6 Å². The number of nitrogens with zero attached hydrogens (tertiary/aromatic N) is 5. The second kappa shape index (κ2) is 5.93. The fourth-order valence-electron chi connectivity index (χ4n) is 2.36. The molecule has 2 N–H and O–H groups in total. The number of anilines is 1. The van der Waals surface area contributed by atoms with Gasteiger partial charge in [0.25, 0.3) is 0 Å². The molecule has 112 valence electrons. The van der Waals surface area contributed by atoms with Crippen LogP contribution >= 0.6 is 0 Å². The zero-order valence-corrected chi connectivity index (χ0v) is 12.6. The third kappa shape index (κ3) is 2.81. The molecule has 0 saturated heterocycles. The first-order chi connectivity index (χ1) is 10.7. The van der Waals surface area contributed by atoms with Crippen LogP contribution in [0.2, 0.25) is 0 Å². The molecule has 0 spiro atoms. The average Bonchev–Trinajstić information content (AvgIpc) is 2.72. The number of aromatic nitrogens is 4. The molecular formula is C16H18N6. The molecule has 0 radical (unpaired) electrons. The quantitative estimate of drug-likeness (QED) is 0.942. The molecule has 1 atom stereocenters. The molecule has 3 rings (SSSR count). The minimum Gasteiger partial charge on any atom is -0.384 e. The molecule has 2 aromatic heterocycles. The fourth-order valence-corrected chi connectivity index (χ4v) is 2.36. The van der Waals surface area contributed by atoms with Crippen LogP contribution in [0.25, 0.3) is 5.82 Å². The number of aliphatic imine (C=N–C) groups is 1. The van der Waals surface area contributed by atoms with E-state index in [2.05, 4.69) is 33.0 Å². The third-order valence-corrected chi connectivity index (χ3v) is 3.38. The van der Waals surface area contributed by atoms with Gasteiger partial charge in [0, 0.05) is 24.2 Å². The van der Waals surface area contributed by atoms with Crippen molar-refractivity contribution in [3.05, 3.63) is 53.8 Å². The average molecular weight is 294 g/mol. The van der Waals surface area contributed by atoms with E-state index in [1.807, 2.05) is 29.8 Å². The monoisotopic (exact) mass is 294 g/mol. The highest BCUT2D eigenvalue weighted by molar-refractivity contribution is 5.70. The predicted molar refractivity (Wildman–Crippen MR) is 87.2 cm³/mol. The molecule has 1 aliphatic heterocycles. The summed E-state index contributed by atoms with van der Waals surface area (Å²) in [6.07, 6.45) is 10.2. The number of allylic oxidation sites excluding steroid dienone is 3. The summed E-state index contributed by atoms with van der Waals surface area (Å²) in [5.41, 5.74) is 8.01. The van der Waals surface area contributed by atoms with Crippen LogP contribution in [0.3, 0.4) is 0 Å². The van der Waals surface area contributed by atoms with Crippen molar-refractivity contribution in [3.8, 4) is 5.82 Å². The van der Waals surface area contributed by atoms with Gasteiger partial charge in [-0.15, -0.1) is 0 Å². The Morgan fingerprint density at radius 2 is 2.09 bits per heavy atom. The zero-order valence-electron chi connectivity index (χ0n) is 12.6.